The molecule has 0 spiro atoms. The lowest BCUT2D eigenvalue weighted by molar-refractivity contribution is -0.114. The van der Waals surface area contributed by atoms with Gasteiger partial charge in [-0.05, 0) is 17.7 Å². The van der Waals surface area contributed by atoms with Gasteiger partial charge in [-0.1, -0.05) is 36.4 Å². The summed E-state index contributed by atoms with van der Waals surface area (Å²) < 4.78 is 1.62. The Morgan fingerprint density at radius 1 is 1.13 bits per heavy atom. The van der Waals surface area contributed by atoms with E-state index in [2.05, 4.69) is 20.4 Å². The zero-order valence-corrected chi connectivity index (χ0v) is 12.5. The molecular weight excluding hydrogens is 290 g/mol. The van der Waals surface area contributed by atoms with Crippen molar-refractivity contribution < 1.29 is 4.79 Å². The molecule has 3 aromatic rings. The van der Waals surface area contributed by atoms with Crippen molar-refractivity contribution in [2.24, 2.45) is 0 Å². The highest BCUT2D eigenvalue weighted by Crippen LogP contribution is 2.13. The number of aromatic nitrogens is 4. The molecule has 0 aliphatic carbocycles. The number of rotatable bonds is 4. The monoisotopic (exact) mass is 305 g/mol. The summed E-state index contributed by atoms with van der Waals surface area (Å²) in [6, 6.07) is 13.3. The first-order chi connectivity index (χ1) is 11.2. The number of carbonyl (C=O) groups excluding carboxylic acids is 1. The number of nitrogens with zero attached hydrogens (tertiary/aromatic N) is 4. The number of nitrogens with one attached hydrogen (secondary N) is 1. The summed E-state index contributed by atoms with van der Waals surface area (Å²) in [5, 5.41) is 6.84. The van der Waals surface area contributed by atoms with Crippen LogP contribution in [0.5, 0.6) is 0 Å². The fourth-order valence-electron chi connectivity index (χ4n) is 2.03. The lowest BCUT2D eigenvalue weighted by atomic mass is 10.2. The molecule has 23 heavy (non-hydrogen) atoms. The molecule has 0 saturated heterocycles. The van der Waals surface area contributed by atoms with Crippen molar-refractivity contribution in [2.75, 3.05) is 5.32 Å². The molecule has 0 aliphatic rings. The van der Waals surface area contributed by atoms with E-state index >= 15 is 0 Å². The SMILES string of the molecule is CC(=O)Nc1cc(-n2cccn2)nc(C=Cc2ccccc2)n1. The Kier molecular flexibility index (Phi) is 4.24. The Balaban J connectivity index is 1.96. The third-order valence-electron chi connectivity index (χ3n) is 3.00. The highest BCUT2D eigenvalue weighted by Gasteiger charge is 2.06. The number of carbonyl (C=O) groups is 1. The molecule has 0 fully saturated rings. The van der Waals surface area contributed by atoms with E-state index in [0.717, 1.165) is 5.56 Å². The first-order valence-electron chi connectivity index (χ1n) is 7.10. The molecule has 6 heteroatoms. The number of hydrogen-bond acceptors (Lipinski definition) is 4. The van der Waals surface area contributed by atoms with Gasteiger partial charge in [0.25, 0.3) is 0 Å². The average Bonchev–Trinajstić information content (AvgIpc) is 3.08. The van der Waals surface area contributed by atoms with Gasteiger partial charge >= 0.3 is 0 Å². The summed E-state index contributed by atoms with van der Waals surface area (Å²) in [5.74, 6) is 1.32. The summed E-state index contributed by atoms with van der Waals surface area (Å²) in [7, 11) is 0. The fourth-order valence-corrected chi connectivity index (χ4v) is 2.03. The molecule has 0 unspecified atom stereocenters. The molecule has 1 amide bonds. The minimum Gasteiger partial charge on any atom is -0.311 e. The van der Waals surface area contributed by atoms with Gasteiger partial charge in [0.1, 0.15) is 5.82 Å². The van der Waals surface area contributed by atoms with E-state index in [9.17, 15) is 4.79 Å². The molecule has 6 nitrogen and oxygen atoms in total. The zero-order valence-electron chi connectivity index (χ0n) is 12.5. The van der Waals surface area contributed by atoms with E-state index in [1.807, 2.05) is 36.4 Å². The number of anilines is 1. The van der Waals surface area contributed by atoms with Gasteiger partial charge in [0.05, 0.1) is 0 Å². The Hall–Kier alpha value is -3.28. The molecule has 0 radical (unpaired) electrons. The van der Waals surface area contributed by atoms with Gasteiger partial charge in [-0.3, -0.25) is 4.79 Å². The van der Waals surface area contributed by atoms with Crippen LogP contribution in [-0.4, -0.2) is 25.7 Å². The molecule has 114 valence electrons. The van der Waals surface area contributed by atoms with Gasteiger partial charge in [0.2, 0.25) is 5.91 Å². The first-order valence-corrected chi connectivity index (χ1v) is 7.10. The van der Waals surface area contributed by atoms with E-state index < -0.39 is 0 Å². The number of hydrogen-bond donors (Lipinski definition) is 1. The highest BCUT2D eigenvalue weighted by atomic mass is 16.1. The third kappa shape index (κ3) is 3.88. The maximum atomic E-state index is 11.3. The lowest BCUT2D eigenvalue weighted by Crippen LogP contribution is -2.10. The zero-order chi connectivity index (χ0) is 16.1. The molecule has 0 atom stereocenters. The van der Waals surface area contributed by atoms with E-state index in [-0.39, 0.29) is 5.91 Å². The van der Waals surface area contributed by atoms with Crippen LogP contribution in [0, 0.1) is 0 Å². The molecule has 0 bridgehead atoms. The number of benzene rings is 1. The summed E-state index contributed by atoms with van der Waals surface area (Å²) in [4.78, 5) is 20.1. The molecule has 2 heterocycles. The summed E-state index contributed by atoms with van der Waals surface area (Å²) in [6.45, 7) is 1.44. The van der Waals surface area contributed by atoms with Crippen LogP contribution in [0.25, 0.3) is 18.0 Å². The van der Waals surface area contributed by atoms with Crippen LogP contribution in [0.15, 0.2) is 54.9 Å². The van der Waals surface area contributed by atoms with Crippen molar-refractivity contribution in [3.63, 3.8) is 0 Å². The standard InChI is InChI=1S/C17H15N5O/c1-13(23)19-16-12-17(22-11-5-10-18-22)21-15(20-16)9-8-14-6-3-2-4-7-14/h2-12H,1H3,(H,19,20,21,23). The number of amides is 1. The Labute approximate surface area is 133 Å². The second kappa shape index (κ2) is 6.65. The minimum atomic E-state index is -0.187. The van der Waals surface area contributed by atoms with Crippen molar-refractivity contribution in [1.82, 2.24) is 19.7 Å². The van der Waals surface area contributed by atoms with Crippen LogP contribution < -0.4 is 5.32 Å². The molecular formula is C17H15N5O. The Morgan fingerprint density at radius 2 is 1.96 bits per heavy atom. The molecule has 0 aliphatic heterocycles. The van der Waals surface area contributed by atoms with Gasteiger partial charge in [0.15, 0.2) is 11.6 Å². The Morgan fingerprint density at radius 3 is 2.65 bits per heavy atom. The van der Waals surface area contributed by atoms with Crippen LogP contribution in [0.4, 0.5) is 5.82 Å². The largest absolute Gasteiger partial charge is 0.311 e. The van der Waals surface area contributed by atoms with Crippen LogP contribution >= 0.6 is 0 Å². The molecule has 0 saturated carbocycles. The molecule has 3 rings (SSSR count). The molecule has 1 N–H and O–H groups in total. The predicted octanol–water partition coefficient (Wildman–Crippen LogP) is 2.79. The Bertz CT molecular complexity index is 825. The topological polar surface area (TPSA) is 72.7 Å². The highest BCUT2D eigenvalue weighted by molar-refractivity contribution is 5.87. The summed E-state index contributed by atoms with van der Waals surface area (Å²) in [6.07, 6.45) is 7.16. The van der Waals surface area contributed by atoms with Crippen molar-refractivity contribution >= 4 is 23.9 Å². The van der Waals surface area contributed by atoms with Crippen molar-refractivity contribution in [3.05, 3.63) is 66.2 Å². The quantitative estimate of drug-likeness (QED) is 0.804. The average molecular weight is 305 g/mol. The van der Waals surface area contributed by atoms with Crippen molar-refractivity contribution in [2.45, 2.75) is 6.92 Å². The first kappa shape index (κ1) is 14.6. The van der Waals surface area contributed by atoms with Gasteiger partial charge < -0.3 is 5.32 Å². The van der Waals surface area contributed by atoms with E-state index in [1.165, 1.54) is 6.92 Å². The minimum absolute atomic E-state index is 0.187. The van der Waals surface area contributed by atoms with Crippen LogP contribution in [-0.2, 0) is 4.79 Å². The maximum Gasteiger partial charge on any atom is 0.222 e. The van der Waals surface area contributed by atoms with Crippen LogP contribution in [0.2, 0.25) is 0 Å². The third-order valence-corrected chi connectivity index (χ3v) is 3.00. The van der Waals surface area contributed by atoms with E-state index in [1.54, 1.807) is 35.3 Å². The summed E-state index contributed by atoms with van der Waals surface area (Å²) in [5.41, 5.74) is 1.04. The van der Waals surface area contributed by atoms with E-state index in [4.69, 9.17) is 0 Å². The van der Waals surface area contributed by atoms with Crippen molar-refractivity contribution in [1.29, 1.82) is 0 Å². The normalized spacial score (nSPS) is 10.8. The summed E-state index contributed by atoms with van der Waals surface area (Å²) >= 11 is 0. The fraction of sp³-hybridized carbons (Fsp3) is 0.0588. The van der Waals surface area contributed by atoms with Crippen LogP contribution in [0.3, 0.4) is 0 Å². The van der Waals surface area contributed by atoms with Gasteiger partial charge in [0, 0.05) is 25.4 Å². The van der Waals surface area contributed by atoms with Crippen molar-refractivity contribution in [3.8, 4) is 5.82 Å². The lowest BCUT2D eigenvalue weighted by Gasteiger charge is -2.06. The van der Waals surface area contributed by atoms with E-state index in [0.29, 0.717) is 17.5 Å². The molecule has 2 aromatic heterocycles. The smallest absolute Gasteiger partial charge is 0.222 e. The maximum absolute atomic E-state index is 11.3. The van der Waals surface area contributed by atoms with Crippen LogP contribution in [0.1, 0.15) is 18.3 Å². The second-order valence-corrected chi connectivity index (χ2v) is 4.85. The van der Waals surface area contributed by atoms with Gasteiger partial charge in [-0.2, -0.15) is 5.10 Å². The van der Waals surface area contributed by atoms with Gasteiger partial charge in [-0.15, -0.1) is 0 Å². The predicted molar refractivity (Wildman–Crippen MR) is 88.8 cm³/mol. The molecule has 1 aromatic carbocycles. The van der Waals surface area contributed by atoms with Gasteiger partial charge in [-0.25, -0.2) is 14.6 Å². The second-order valence-electron chi connectivity index (χ2n) is 4.85.